The SMILES string of the molecule is CC(C)(c1ccccn1)[C]1([Cr+2][C]2=CC=CC2)C=CC=C([Si](C)(C)Cl)C1.[Cl-].[Cl-]. The summed E-state index contributed by atoms with van der Waals surface area (Å²) in [5.41, 5.74) is 1.12. The average Bonchev–Trinajstić information content (AvgIpc) is 3.08. The van der Waals surface area contributed by atoms with Gasteiger partial charge < -0.3 is 24.8 Å². The first-order valence-electron chi connectivity index (χ1n) is 8.79. The van der Waals surface area contributed by atoms with Gasteiger partial charge in [-0.15, -0.1) is 0 Å². The number of hydrogen-bond donors (Lipinski definition) is 0. The van der Waals surface area contributed by atoms with E-state index in [0.29, 0.717) is 15.2 Å². The van der Waals surface area contributed by atoms with Crippen LogP contribution in [0, 0.1) is 0 Å². The van der Waals surface area contributed by atoms with E-state index < -0.39 is 7.38 Å². The molecule has 2 aliphatic carbocycles. The fourth-order valence-corrected chi connectivity index (χ4v) is 7.62. The molecule has 0 aliphatic heterocycles. The summed E-state index contributed by atoms with van der Waals surface area (Å²) in [6.45, 7) is 9.19. The summed E-state index contributed by atoms with van der Waals surface area (Å²) in [5, 5.41) is 1.45. The normalized spacial score (nSPS) is 21.7. The van der Waals surface area contributed by atoms with Gasteiger partial charge in [0.05, 0.1) is 0 Å². The maximum absolute atomic E-state index is 6.85. The van der Waals surface area contributed by atoms with E-state index >= 15 is 0 Å². The molecule has 0 fully saturated rings. The first-order valence-corrected chi connectivity index (χ1v) is 14.1. The smallest absolute Gasteiger partial charge is 1.00 e. The van der Waals surface area contributed by atoms with E-state index in [-0.39, 0.29) is 34.5 Å². The van der Waals surface area contributed by atoms with Gasteiger partial charge in [0.15, 0.2) is 0 Å². The first-order chi connectivity index (χ1) is 11.7. The van der Waals surface area contributed by atoms with Crippen molar-refractivity contribution in [2.24, 2.45) is 0 Å². The number of nitrogens with zero attached hydrogens (tertiary/aromatic N) is 1. The average molecular weight is 479 g/mol. The van der Waals surface area contributed by atoms with Crippen molar-refractivity contribution >= 4 is 18.5 Å². The van der Waals surface area contributed by atoms with Crippen molar-refractivity contribution < 1.29 is 40.0 Å². The molecule has 0 saturated heterocycles. The molecule has 146 valence electrons. The van der Waals surface area contributed by atoms with Crippen molar-refractivity contribution in [3.05, 3.63) is 76.2 Å². The zero-order chi connectivity index (χ0) is 18.1. The fraction of sp³-hybridized carbons (Fsp3) is 0.381. The Morgan fingerprint density at radius 1 is 1.15 bits per heavy atom. The molecule has 0 radical (unpaired) electrons. The number of allylic oxidation sites excluding steroid dienone is 8. The molecular weight excluding hydrogens is 453 g/mol. The first kappa shape index (κ1) is 24.8. The minimum atomic E-state index is -1.84. The van der Waals surface area contributed by atoms with Gasteiger partial charge in [-0.3, -0.25) is 0 Å². The molecule has 27 heavy (non-hydrogen) atoms. The van der Waals surface area contributed by atoms with Gasteiger partial charge in [-0.1, -0.05) is 0 Å². The second-order valence-corrected chi connectivity index (χ2v) is 16.5. The zero-order valence-electron chi connectivity index (χ0n) is 16.2. The largest absolute Gasteiger partial charge is 1.00 e. The minimum Gasteiger partial charge on any atom is -1.00 e. The molecule has 0 amide bonds. The van der Waals surface area contributed by atoms with E-state index in [1.807, 2.05) is 12.3 Å². The van der Waals surface area contributed by atoms with Crippen LogP contribution in [0.15, 0.2) is 70.5 Å². The van der Waals surface area contributed by atoms with E-state index in [4.69, 9.17) is 16.1 Å². The quantitative estimate of drug-likeness (QED) is 0.439. The summed E-state index contributed by atoms with van der Waals surface area (Å²) >= 11 is 7.20. The molecule has 6 heteroatoms. The third-order valence-electron chi connectivity index (χ3n) is 5.29. The van der Waals surface area contributed by atoms with Gasteiger partial charge in [0.2, 0.25) is 0 Å². The Labute approximate surface area is 188 Å². The van der Waals surface area contributed by atoms with Crippen LogP contribution in [0.3, 0.4) is 0 Å². The molecule has 0 aromatic carbocycles. The Kier molecular flexibility index (Phi) is 8.70. The van der Waals surface area contributed by atoms with Gasteiger partial charge in [0.1, 0.15) is 0 Å². The molecule has 0 saturated carbocycles. The van der Waals surface area contributed by atoms with Crippen LogP contribution in [0.4, 0.5) is 0 Å². The molecule has 1 aromatic rings. The van der Waals surface area contributed by atoms with Crippen LogP contribution in [0.25, 0.3) is 0 Å². The van der Waals surface area contributed by atoms with Crippen LogP contribution in [-0.4, -0.2) is 12.4 Å². The van der Waals surface area contributed by atoms with E-state index in [1.165, 1.54) is 10.9 Å². The predicted octanol–water partition coefficient (Wildman–Crippen LogP) is 0.322. The van der Waals surface area contributed by atoms with E-state index in [2.05, 4.69) is 75.5 Å². The molecule has 2 aliphatic rings. The fourth-order valence-electron chi connectivity index (χ4n) is 3.44. The van der Waals surface area contributed by atoms with E-state index in [9.17, 15) is 0 Å². The zero-order valence-corrected chi connectivity index (χ0v) is 20.7. The molecule has 0 N–H and O–H groups in total. The summed E-state index contributed by atoms with van der Waals surface area (Å²) in [6, 6.07) is 6.27. The van der Waals surface area contributed by atoms with Crippen LogP contribution in [-0.2, 0) is 20.6 Å². The maximum atomic E-state index is 6.85. The van der Waals surface area contributed by atoms with E-state index in [1.54, 1.807) is 4.44 Å². The van der Waals surface area contributed by atoms with Gasteiger partial charge in [0, 0.05) is 0 Å². The molecule has 0 spiro atoms. The molecule has 0 bridgehead atoms. The van der Waals surface area contributed by atoms with Gasteiger partial charge in [-0.2, -0.15) is 0 Å². The molecule has 1 nitrogen and oxygen atoms in total. The van der Waals surface area contributed by atoms with Crippen LogP contribution in [0.2, 0.25) is 17.4 Å². The topological polar surface area (TPSA) is 12.9 Å². The summed E-state index contributed by atoms with van der Waals surface area (Å²) in [7, 11) is -1.84. The minimum absolute atomic E-state index is 0. The Balaban J connectivity index is 0.00000182. The van der Waals surface area contributed by atoms with Crippen LogP contribution < -0.4 is 24.8 Å². The number of aromatic nitrogens is 1. The number of hydrogen-bond acceptors (Lipinski definition) is 1. The summed E-state index contributed by atoms with van der Waals surface area (Å²) in [5.74, 6) is 0. The Hall–Kier alpha value is -0.271. The van der Waals surface area contributed by atoms with Crippen LogP contribution >= 0.6 is 11.1 Å². The number of halogens is 3. The number of pyridine rings is 1. The number of rotatable bonds is 5. The second-order valence-electron chi connectivity index (χ2n) is 7.80. The van der Waals surface area contributed by atoms with E-state index in [0.717, 1.165) is 12.8 Å². The van der Waals surface area contributed by atoms with Crippen molar-refractivity contribution in [3.63, 3.8) is 0 Å². The molecule has 3 rings (SSSR count). The van der Waals surface area contributed by atoms with Crippen molar-refractivity contribution in [1.29, 1.82) is 0 Å². The van der Waals surface area contributed by atoms with Gasteiger partial charge in [0.25, 0.3) is 0 Å². The van der Waals surface area contributed by atoms with Crippen molar-refractivity contribution in [2.45, 2.75) is 49.5 Å². The van der Waals surface area contributed by atoms with Crippen LogP contribution in [0.1, 0.15) is 32.4 Å². The van der Waals surface area contributed by atoms with Gasteiger partial charge in [-0.05, 0) is 0 Å². The van der Waals surface area contributed by atoms with Crippen molar-refractivity contribution in [3.8, 4) is 0 Å². The van der Waals surface area contributed by atoms with Crippen molar-refractivity contribution in [1.82, 2.24) is 4.98 Å². The monoisotopic (exact) mass is 477 g/mol. The predicted molar refractivity (Wildman–Crippen MR) is 107 cm³/mol. The Bertz CT molecular complexity index is 763. The summed E-state index contributed by atoms with van der Waals surface area (Å²) in [4.78, 5) is 4.73. The third-order valence-corrected chi connectivity index (χ3v) is 10.6. The molecule has 1 atom stereocenters. The molecule has 1 aromatic heterocycles. The Morgan fingerprint density at radius 2 is 1.89 bits per heavy atom. The molecule has 1 unspecified atom stereocenters. The summed E-state index contributed by atoms with van der Waals surface area (Å²) in [6.07, 6.45) is 17.8. The second kappa shape index (κ2) is 9.49. The summed E-state index contributed by atoms with van der Waals surface area (Å²) < 4.78 is 1.63. The molecule has 1 heterocycles. The maximum Gasteiger partial charge on any atom is -1.00 e. The van der Waals surface area contributed by atoms with Gasteiger partial charge >= 0.3 is 164 Å². The third kappa shape index (κ3) is 5.21. The van der Waals surface area contributed by atoms with Crippen LogP contribution in [0.5, 0.6) is 0 Å². The molecular formula is C21H26Cl3CrNSi. The van der Waals surface area contributed by atoms with Gasteiger partial charge in [-0.25, -0.2) is 0 Å². The van der Waals surface area contributed by atoms with Crippen molar-refractivity contribution in [2.75, 3.05) is 0 Å². The standard InChI is InChI=1S/C16H21ClNSi.C5H5.2ClH.Cr/c1-16(2,15-10-5-6-11-18-15)13-8-7-9-14(12-13)19(3,4)17;1-2-4-5-3-1;;;/h5-11H,12H2,1-4H3;1-3H,4H2;2*1H;/q;;;;+2/p-2. The Morgan fingerprint density at radius 3 is 2.44 bits per heavy atom.